The number of hydrogen-bond donors (Lipinski definition) is 2. The molecule has 2 aliphatic heterocycles. The van der Waals surface area contributed by atoms with Crippen LogP contribution in [0.25, 0.3) is 20.7 Å². The number of nitrogens with one attached hydrogen (secondary N) is 1. The molecule has 0 saturated carbocycles. The number of aliphatic carboxylic acids is 1. The molecule has 3 aromatic heterocycles. The molecule has 2 saturated heterocycles. The Morgan fingerprint density at radius 2 is 1.90 bits per heavy atom. The van der Waals surface area contributed by atoms with Gasteiger partial charge in [-0.3, -0.25) is 24.7 Å². The summed E-state index contributed by atoms with van der Waals surface area (Å²) >= 11 is 3.26. The number of piperazine rings is 1. The van der Waals surface area contributed by atoms with Crippen molar-refractivity contribution in [3.8, 4) is 10.6 Å². The molecule has 0 bridgehead atoms. The summed E-state index contributed by atoms with van der Waals surface area (Å²) < 4.78 is 1.22. The Bertz CT molecular complexity index is 1500. The number of aromatic nitrogens is 3. The van der Waals surface area contributed by atoms with Crippen molar-refractivity contribution < 1.29 is 14.7 Å². The topological polar surface area (TPSA) is 115 Å². The van der Waals surface area contributed by atoms with Crippen LogP contribution in [0, 0.1) is 0 Å². The Labute approximate surface area is 246 Å². The molecule has 0 aliphatic carbocycles. The molecule has 12 heteroatoms. The normalized spacial score (nSPS) is 18.3. The number of amides is 1. The minimum atomic E-state index is -0.779. The minimum Gasteiger partial charge on any atom is -0.481 e. The van der Waals surface area contributed by atoms with Crippen LogP contribution in [0.4, 0.5) is 10.9 Å². The number of benzene rings is 1. The second-order valence-electron chi connectivity index (χ2n) is 10.6. The van der Waals surface area contributed by atoms with Gasteiger partial charge < -0.3 is 10.0 Å². The molecule has 1 unspecified atom stereocenters. The van der Waals surface area contributed by atoms with E-state index in [-0.39, 0.29) is 18.0 Å². The lowest BCUT2D eigenvalue weighted by atomic mass is 10.2. The zero-order chi connectivity index (χ0) is 28.3. The van der Waals surface area contributed by atoms with E-state index in [9.17, 15) is 9.59 Å². The number of carbonyl (C=O) groups is 2. The third-order valence-electron chi connectivity index (χ3n) is 7.82. The molecular formula is C29H33N7O3S2. The van der Waals surface area contributed by atoms with Crippen LogP contribution in [0.5, 0.6) is 0 Å². The van der Waals surface area contributed by atoms with Crippen molar-refractivity contribution in [2.45, 2.75) is 38.8 Å². The van der Waals surface area contributed by atoms with Gasteiger partial charge in [-0.25, -0.2) is 15.0 Å². The Morgan fingerprint density at radius 1 is 1.07 bits per heavy atom. The maximum absolute atomic E-state index is 13.1. The molecule has 2 fully saturated rings. The number of likely N-dealkylation sites (tertiary alicyclic amines) is 1. The van der Waals surface area contributed by atoms with E-state index in [4.69, 9.17) is 10.1 Å². The first-order valence-corrected chi connectivity index (χ1v) is 15.6. The van der Waals surface area contributed by atoms with Crippen LogP contribution in [-0.4, -0.2) is 87.0 Å². The van der Waals surface area contributed by atoms with Gasteiger partial charge >= 0.3 is 5.97 Å². The quantitative estimate of drug-likeness (QED) is 0.287. The number of carboxylic acid groups (broad SMARTS) is 1. The van der Waals surface area contributed by atoms with Gasteiger partial charge in [-0.1, -0.05) is 29.5 Å². The predicted octanol–water partition coefficient (Wildman–Crippen LogP) is 4.65. The number of fused-ring (bicyclic) bond motifs is 1. The van der Waals surface area contributed by atoms with E-state index < -0.39 is 5.97 Å². The van der Waals surface area contributed by atoms with Crippen LogP contribution in [0.3, 0.4) is 0 Å². The number of thiophene rings is 1. The fourth-order valence-electron chi connectivity index (χ4n) is 5.43. The minimum absolute atomic E-state index is 0.146. The zero-order valence-corrected chi connectivity index (χ0v) is 24.6. The highest BCUT2D eigenvalue weighted by Gasteiger charge is 2.25. The average Bonchev–Trinajstić information content (AvgIpc) is 3.70. The van der Waals surface area contributed by atoms with Crippen molar-refractivity contribution >= 4 is 55.6 Å². The standard InChI is InChI=1S/C29H33N7O3S2/c1-19-5-4-9-36(19)18-24-27(23-15-20-6-2-3-7-22(20)40-23)32-29(41-24)33-28(39)21-16-31-25(17-30-21)35-13-11-34(12-14-35)10-8-26(37)38/h2-3,6-7,15-17,19H,4-5,8-14,18H2,1H3,(H,37,38)(H,32,33,39). The smallest absolute Gasteiger partial charge is 0.304 e. The zero-order valence-electron chi connectivity index (χ0n) is 23.0. The third kappa shape index (κ3) is 6.40. The first-order chi connectivity index (χ1) is 19.9. The molecule has 1 amide bonds. The maximum atomic E-state index is 13.1. The summed E-state index contributed by atoms with van der Waals surface area (Å²) in [6, 6.07) is 11.1. The van der Waals surface area contributed by atoms with Gasteiger partial charge in [0.2, 0.25) is 0 Å². The van der Waals surface area contributed by atoms with Gasteiger partial charge in [0.05, 0.1) is 29.4 Å². The molecule has 5 heterocycles. The highest BCUT2D eigenvalue weighted by molar-refractivity contribution is 7.22. The van der Waals surface area contributed by atoms with Gasteiger partial charge in [-0.15, -0.1) is 11.3 Å². The van der Waals surface area contributed by atoms with E-state index in [0.29, 0.717) is 23.5 Å². The highest BCUT2D eigenvalue weighted by atomic mass is 32.1. The van der Waals surface area contributed by atoms with Crippen LogP contribution in [-0.2, 0) is 11.3 Å². The van der Waals surface area contributed by atoms with E-state index in [1.54, 1.807) is 17.5 Å². The summed E-state index contributed by atoms with van der Waals surface area (Å²) in [4.78, 5) is 46.8. The highest BCUT2D eigenvalue weighted by Crippen LogP contribution is 2.39. The summed E-state index contributed by atoms with van der Waals surface area (Å²) in [7, 11) is 0. The Kier molecular flexibility index (Phi) is 8.24. The van der Waals surface area contributed by atoms with Crippen LogP contribution >= 0.6 is 22.7 Å². The van der Waals surface area contributed by atoms with Crippen LogP contribution in [0.15, 0.2) is 42.7 Å². The number of anilines is 2. The molecule has 6 rings (SSSR count). The summed E-state index contributed by atoms with van der Waals surface area (Å²) in [5.74, 6) is -0.401. The van der Waals surface area contributed by atoms with Gasteiger partial charge in [-0.05, 0) is 43.8 Å². The van der Waals surface area contributed by atoms with Gasteiger partial charge in [0, 0.05) is 54.9 Å². The second kappa shape index (κ2) is 12.2. The van der Waals surface area contributed by atoms with Crippen molar-refractivity contribution in [1.29, 1.82) is 0 Å². The number of carboxylic acids is 1. The van der Waals surface area contributed by atoms with Crippen LogP contribution in [0.2, 0.25) is 0 Å². The molecule has 2 aliphatic rings. The lowest BCUT2D eigenvalue weighted by Crippen LogP contribution is -2.47. The fourth-order valence-corrected chi connectivity index (χ4v) is 7.57. The number of carbonyl (C=O) groups excluding carboxylic acids is 1. The van der Waals surface area contributed by atoms with Crippen LogP contribution in [0.1, 0.15) is 41.6 Å². The number of hydrogen-bond acceptors (Lipinski definition) is 10. The molecule has 0 radical (unpaired) electrons. The summed E-state index contributed by atoms with van der Waals surface area (Å²) in [5.41, 5.74) is 1.18. The van der Waals surface area contributed by atoms with Gasteiger partial charge in [0.15, 0.2) is 5.13 Å². The summed E-state index contributed by atoms with van der Waals surface area (Å²) in [6.45, 7) is 7.72. The lowest BCUT2D eigenvalue weighted by Gasteiger charge is -2.34. The Balaban J connectivity index is 1.15. The lowest BCUT2D eigenvalue weighted by molar-refractivity contribution is -0.137. The largest absolute Gasteiger partial charge is 0.481 e. The predicted molar refractivity (Wildman–Crippen MR) is 163 cm³/mol. The molecule has 1 aromatic carbocycles. The van der Waals surface area contributed by atoms with E-state index in [0.717, 1.165) is 54.7 Å². The number of rotatable bonds is 9. The Hall–Kier alpha value is -3.45. The first-order valence-electron chi connectivity index (χ1n) is 14.0. The molecular weight excluding hydrogens is 558 g/mol. The molecule has 214 valence electrons. The second-order valence-corrected chi connectivity index (χ2v) is 12.8. The Morgan fingerprint density at radius 3 is 2.61 bits per heavy atom. The fraction of sp³-hybridized carbons (Fsp3) is 0.414. The van der Waals surface area contributed by atoms with E-state index >= 15 is 0 Å². The number of nitrogens with zero attached hydrogens (tertiary/aromatic N) is 6. The maximum Gasteiger partial charge on any atom is 0.304 e. The van der Waals surface area contributed by atoms with E-state index in [2.05, 4.69) is 61.2 Å². The molecule has 2 N–H and O–H groups in total. The van der Waals surface area contributed by atoms with Gasteiger partial charge in [0.1, 0.15) is 11.5 Å². The molecule has 0 spiro atoms. The molecule has 10 nitrogen and oxygen atoms in total. The number of thiazole rings is 1. The van der Waals surface area contributed by atoms with Crippen molar-refractivity contribution in [3.63, 3.8) is 0 Å². The first kappa shape index (κ1) is 27.7. The van der Waals surface area contributed by atoms with E-state index in [1.807, 2.05) is 6.07 Å². The van der Waals surface area contributed by atoms with Crippen LogP contribution < -0.4 is 10.2 Å². The molecule has 1 atom stereocenters. The SMILES string of the molecule is CC1CCCN1Cc1sc(NC(=O)c2cnc(N3CCN(CCC(=O)O)CC3)cn2)nc1-c1cc2ccccc2s1. The van der Waals surface area contributed by atoms with Gasteiger partial charge in [0.25, 0.3) is 5.91 Å². The summed E-state index contributed by atoms with van der Waals surface area (Å²) in [6.07, 6.45) is 5.70. The monoisotopic (exact) mass is 591 g/mol. The molecule has 41 heavy (non-hydrogen) atoms. The van der Waals surface area contributed by atoms with Crippen molar-refractivity contribution in [2.75, 3.05) is 49.5 Å². The van der Waals surface area contributed by atoms with Gasteiger partial charge in [-0.2, -0.15) is 0 Å². The van der Waals surface area contributed by atoms with Crippen molar-refractivity contribution in [2.24, 2.45) is 0 Å². The molecule has 4 aromatic rings. The van der Waals surface area contributed by atoms with E-state index in [1.165, 1.54) is 40.5 Å². The summed E-state index contributed by atoms with van der Waals surface area (Å²) in [5, 5.41) is 13.6. The van der Waals surface area contributed by atoms with Crippen molar-refractivity contribution in [3.05, 3.63) is 53.3 Å². The van der Waals surface area contributed by atoms with Crippen molar-refractivity contribution in [1.82, 2.24) is 24.8 Å². The average molecular weight is 592 g/mol. The third-order valence-corrected chi connectivity index (χ3v) is 9.90.